The minimum Gasteiger partial charge on any atom is -0.351 e. The molecule has 6 nitrogen and oxygen atoms in total. The van der Waals surface area contributed by atoms with E-state index in [-0.39, 0.29) is 23.6 Å². The maximum Gasteiger partial charge on any atom is 0.273 e. The van der Waals surface area contributed by atoms with E-state index in [0.717, 1.165) is 23.0 Å². The zero-order valence-electron chi connectivity index (χ0n) is 16.8. The predicted octanol–water partition coefficient (Wildman–Crippen LogP) is 3.60. The third-order valence-electron chi connectivity index (χ3n) is 6.11. The molecule has 0 bridgehead atoms. The fourth-order valence-electron chi connectivity index (χ4n) is 4.59. The van der Waals surface area contributed by atoms with Gasteiger partial charge in [0.25, 0.3) is 5.56 Å². The first-order valence-electron chi connectivity index (χ1n) is 10.3. The van der Waals surface area contributed by atoms with Crippen molar-refractivity contribution in [2.24, 2.45) is 5.92 Å². The van der Waals surface area contributed by atoms with Crippen molar-refractivity contribution in [3.63, 3.8) is 0 Å². The van der Waals surface area contributed by atoms with Gasteiger partial charge in [-0.05, 0) is 44.2 Å². The zero-order valence-corrected chi connectivity index (χ0v) is 16.8. The molecule has 0 saturated heterocycles. The largest absolute Gasteiger partial charge is 0.351 e. The van der Waals surface area contributed by atoms with Crippen LogP contribution in [0.3, 0.4) is 0 Å². The zero-order chi connectivity index (χ0) is 19.8. The third kappa shape index (κ3) is 3.11. The van der Waals surface area contributed by atoms with E-state index in [9.17, 15) is 9.59 Å². The first-order chi connectivity index (χ1) is 13.5. The summed E-state index contributed by atoms with van der Waals surface area (Å²) in [5.74, 6) is 0.550. The summed E-state index contributed by atoms with van der Waals surface area (Å²) in [4.78, 5) is 29.6. The van der Waals surface area contributed by atoms with Crippen LogP contribution in [-0.4, -0.2) is 26.1 Å². The van der Waals surface area contributed by atoms with E-state index in [1.807, 2.05) is 47.3 Å². The Morgan fingerprint density at radius 1 is 1.29 bits per heavy atom. The predicted molar refractivity (Wildman–Crippen MR) is 111 cm³/mol. The molecule has 2 aromatic heterocycles. The van der Waals surface area contributed by atoms with Crippen molar-refractivity contribution in [1.82, 2.24) is 19.5 Å². The molecule has 3 aromatic rings. The monoisotopic (exact) mass is 380 g/mol. The van der Waals surface area contributed by atoms with E-state index >= 15 is 0 Å². The van der Waals surface area contributed by atoms with E-state index in [1.54, 1.807) is 0 Å². The maximum absolute atomic E-state index is 13.3. The topological polar surface area (TPSA) is 68.4 Å². The summed E-state index contributed by atoms with van der Waals surface area (Å²) in [6.45, 7) is 6.14. The van der Waals surface area contributed by atoms with E-state index in [4.69, 9.17) is 0 Å². The van der Waals surface area contributed by atoms with Gasteiger partial charge in [-0.25, -0.2) is 4.52 Å². The molecule has 0 spiro atoms. The molecule has 4 rings (SSSR count). The summed E-state index contributed by atoms with van der Waals surface area (Å²) in [6, 6.07) is 9.25. The van der Waals surface area contributed by atoms with Gasteiger partial charge < -0.3 is 5.32 Å². The second-order valence-corrected chi connectivity index (χ2v) is 8.03. The highest BCUT2D eigenvalue weighted by atomic mass is 16.2. The molecule has 0 aliphatic heterocycles. The number of fused-ring (bicyclic) bond motifs is 3. The number of hydrogen-bond acceptors (Lipinski definition) is 3. The van der Waals surface area contributed by atoms with Crippen molar-refractivity contribution in [3.8, 4) is 0 Å². The molecule has 3 atom stereocenters. The molecule has 2 heterocycles. The summed E-state index contributed by atoms with van der Waals surface area (Å²) >= 11 is 0. The standard InChI is InChI=1S/C22H28N4O2/c1-4-18(22(28)23-17-11-7-5-9-14(17)2)26-19-12-8-6-10-16(19)21-24-20(27)13-15(3)25(21)26/h6,8,10,12-14,17-18H,4-5,7,9,11H2,1-3H3,(H,23,28). The number of rotatable bonds is 4. The molecule has 28 heavy (non-hydrogen) atoms. The fraction of sp³-hybridized carbons (Fsp3) is 0.500. The smallest absolute Gasteiger partial charge is 0.273 e. The number of carbonyl (C=O) groups is 1. The highest BCUT2D eigenvalue weighted by molar-refractivity contribution is 5.94. The Kier molecular flexibility index (Phi) is 4.96. The summed E-state index contributed by atoms with van der Waals surface area (Å²) in [7, 11) is 0. The van der Waals surface area contributed by atoms with Gasteiger partial charge in [0.15, 0.2) is 5.65 Å². The second kappa shape index (κ2) is 7.41. The van der Waals surface area contributed by atoms with Gasteiger partial charge in [0.2, 0.25) is 5.91 Å². The molecule has 1 fully saturated rings. The maximum atomic E-state index is 13.3. The first-order valence-corrected chi connectivity index (χ1v) is 10.3. The van der Waals surface area contributed by atoms with Crippen LogP contribution in [0.2, 0.25) is 0 Å². The van der Waals surface area contributed by atoms with Crippen LogP contribution in [0.15, 0.2) is 35.1 Å². The van der Waals surface area contributed by atoms with Gasteiger partial charge in [-0.15, -0.1) is 0 Å². The Hall–Kier alpha value is -2.63. The first kappa shape index (κ1) is 18.7. The number of hydrogen-bond donors (Lipinski definition) is 1. The third-order valence-corrected chi connectivity index (χ3v) is 6.11. The number of nitrogens with zero attached hydrogens (tertiary/aromatic N) is 3. The van der Waals surface area contributed by atoms with Gasteiger partial charge in [-0.2, -0.15) is 4.98 Å². The molecule has 0 radical (unpaired) electrons. The Balaban J connectivity index is 1.83. The van der Waals surface area contributed by atoms with Crippen LogP contribution in [0.25, 0.3) is 16.6 Å². The van der Waals surface area contributed by atoms with Crippen molar-refractivity contribution in [2.45, 2.75) is 65.0 Å². The average molecular weight is 380 g/mol. The van der Waals surface area contributed by atoms with Crippen LogP contribution in [-0.2, 0) is 4.79 Å². The Morgan fingerprint density at radius 2 is 2.04 bits per heavy atom. The lowest BCUT2D eigenvalue weighted by atomic mass is 9.86. The normalized spacial score (nSPS) is 21.1. The number of nitrogens with one attached hydrogen (secondary N) is 1. The molecule has 1 aliphatic carbocycles. The van der Waals surface area contributed by atoms with E-state index < -0.39 is 0 Å². The van der Waals surface area contributed by atoms with Crippen LogP contribution < -0.4 is 10.9 Å². The van der Waals surface area contributed by atoms with Gasteiger partial charge in [0.1, 0.15) is 6.04 Å². The Bertz CT molecular complexity index is 1080. The second-order valence-electron chi connectivity index (χ2n) is 8.03. The van der Waals surface area contributed by atoms with Crippen molar-refractivity contribution in [3.05, 3.63) is 46.4 Å². The fourth-order valence-corrected chi connectivity index (χ4v) is 4.59. The number of aryl methyl sites for hydroxylation is 1. The molecule has 3 unspecified atom stereocenters. The molecule has 1 amide bonds. The molecule has 1 aliphatic rings. The van der Waals surface area contributed by atoms with Crippen LogP contribution in [0, 0.1) is 12.8 Å². The van der Waals surface area contributed by atoms with Crippen molar-refractivity contribution in [2.75, 3.05) is 0 Å². The molecule has 1 N–H and O–H groups in total. The Labute approximate surface area is 164 Å². The lowest BCUT2D eigenvalue weighted by Gasteiger charge is -2.31. The average Bonchev–Trinajstić information content (AvgIpc) is 2.99. The molecule has 6 heteroatoms. The molecule has 148 valence electrons. The van der Waals surface area contributed by atoms with Crippen molar-refractivity contribution < 1.29 is 4.79 Å². The SMILES string of the molecule is CCC(C(=O)NC1CCCCC1C)n1c2ccccc2c2nc(=O)cc(C)n21. The van der Waals surface area contributed by atoms with E-state index in [2.05, 4.69) is 17.2 Å². The van der Waals surface area contributed by atoms with Gasteiger partial charge in [0.05, 0.1) is 5.52 Å². The van der Waals surface area contributed by atoms with Crippen LogP contribution >= 0.6 is 0 Å². The van der Waals surface area contributed by atoms with Crippen molar-refractivity contribution >= 4 is 22.5 Å². The summed E-state index contributed by atoms with van der Waals surface area (Å²) in [5, 5.41) is 4.20. The number of amides is 1. The van der Waals surface area contributed by atoms with Gasteiger partial charge in [-0.3, -0.25) is 14.3 Å². The lowest BCUT2D eigenvalue weighted by Crippen LogP contribution is -2.44. The highest BCUT2D eigenvalue weighted by Crippen LogP contribution is 2.28. The van der Waals surface area contributed by atoms with E-state index in [0.29, 0.717) is 18.0 Å². The quantitative estimate of drug-likeness (QED) is 0.752. The molecule has 1 aromatic carbocycles. The number of para-hydroxylation sites is 1. The van der Waals surface area contributed by atoms with E-state index in [1.165, 1.54) is 25.3 Å². The summed E-state index contributed by atoms with van der Waals surface area (Å²) in [5.41, 5.74) is 2.05. The van der Waals surface area contributed by atoms with Crippen molar-refractivity contribution in [1.29, 1.82) is 0 Å². The van der Waals surface area contributed by atoms with Crippen LogP contribution in [0.5, 0.6) is 0 Å². The lowest BCUT2D eigenvalue weighted by molar-refractivity contribution is -0.126. The number of carbonyl (C=O) groups excluding carboxylic acids is 1. The Morgan fingerprint density at radius 3 is 2.79 bits per heavy atom. The van der Waals surface area contributed by atoms with Crippen LogP contribution in [0.1, 0.15) is 57.7 Å². The van der Waals surface area contributed by atoms with Gasteiger partial charge >= 0.3 is 0 Å². The molecular formula is C22H28N4O2. The summed E-state index contributed by atoms with van der Waals surface area (Å²) in [6.07, 6.45) is 5.29. The van der Waals surface area contributed by atoms with Gasteiger partial charge in [-0.1, -0.05) is 38.8 Å². The number of aromatic nitrogens is 3. The molecular weight excluding hydrogens is 352 g/mol. The minimum absolute atomic E-state index is 0.0435. The highest BCUT2D eigenvalue weighted by Gasteiger charge is 2.29. The minimum atomic E-state index is -0.362. The number of benzene rings is 1. The molecule has 1 saturated carbocycles. The van der Waals surface area contributed by atoms with Gasteiger partial charge in [0, 0.05) is 23.2 Å². The van der Waals surface area contributed by atoms with Crippen LogP contribution in [0.4, 0.5) is 0 Å². The summed E-state index contributed by atoms with van der Waals surface area (Å²) < 4.78 is 3.93.